The molecule has 2 atom stereocenters. The van der Waals surface area contributed by atoms with Crippen LogP contribution in [0.25, 0.3) is 0 Å². The lowest BCUT2D eigenvalue weighted by Crippen LogP contribution is -2.45. The van der Waals surface area contributed by atoms with Crippen molar-refractivity contribution >= 4 is 5.91 Å². The van der Waals surface area contributed by atoms with Crippen LogP contribution >= 0.6 is 0 Å². The number of hydrogen-bond acceptors (Lipinski definition) is 3. The second-order valence-electron chi connectivity index (χ2n) is 10.9. The predicted molar refractivity (Wildman–Crippen MR) is 156 cm³/mol. The summed E-state index contributed by atoms with van der Waals surface area (Å²) in [7, 11) is 0. The van der Waals surface area contributed by atoms with Gasteiger partial charge in [-0.25, -0.2) is 0 Å². The highest BCUT2D eigenvalue weighted by Gasteiger charge is 2.19. The Hall–Kier alpha value is -0.870. The Labute approximate surface area is 225 Å². The summed E-state index contributed by atoms with van der Waals surface area (Å²) >= 11 is 0. The minimum atomic E-state index is -0.655. The highest BCUT2D eigenvalue weighted by atomic mass is 16.3. The second kappa shape index (κ2) is 28.7. The van der Waals surface area contributed by atoms with Crippen LogP contribution in [0.4, 0.5) is 0 Å². The molecule has 0 aromatic heterocycles. The lowest BCUT2D eigenvalue weighted by molar-refractivity contribution is -0.123. The average molecular weight is 510 g/mol. The van der Waals surface area contributed by atoms with Crippen molar-refractivity contribution in [2.24, 2.45) is 0 Å². The first kappa shape index (κ1) is 35.1. The van der Waals surface area contributed by atoms with Crippen molar-refractivity contribution in [1.82, 2.24) is 5.32 Å². The van der Waals surface area contributed by atoms with Crippen molar-refractivity contribution in [2.75, 3.05) is 6.61 Å². The molecule has 0 aliphatic rings. The number of unbranched alkanes of at least 4 members (excludes halogenated alkanes) is 19. The summed E-state index contributed by atoms with van der Waals surface area (Å²) in [6.07, 6.45) is 32.6. The molecule has 0 aromatic carbocycles. The van der Waals surface area contributed by atoms with Gasteiger partial charge in [0.25, 0.3) is 0 Å². The Kier molecular flexibility index (Phi) is 28.0. The summed E-state index contributed by atoms with van der Waals surface area (Å²) in [6.45, 7) is 4.30. The molecule has 0 aliphatic heterocycles. The van der Waals surface area contributed by atoms with E-state index in [0.29, 0.717) is 12.8 Å². The molecule has 0 aromatic rings. The summed E-state index contributed by atoms with van der Waals surface area (Å²) in [4.78, 5) is 12.2. The molecule has 1 amide bonds. The van der Waals surface area contributed by atoms with E-state index in [1.807, 2.05) is 0 Å². The van der Waals surface area contributed by atoms with Crippen molar-refractivity contribution in [3.8, 4) is 0 Å². The zero-order valence-electron chi connectivity index (χ0n) is 24.3. The first-order valence-electron chi connectivity index (χ1n) is 15.9. The van der Waals surface area contributed by atoms with Crippen molar-refractivity contribution in [3.05, 3.63) is 12.2 Å². The first-order chi connectivity index (χ1) is 17.7. The number of aliphatic hydroxyl groups excluding tert-OH is 2. The van der Waals surface area contributed by atoms with Crippen LogP contribution in [0.5, 0.6) is 0 Å². The molecule has 214 valence electrons. The second-order valence-corrected chi connectivity index (χ2v) is 10.9. The van der Waals surface area contributed by atoms with Gasteiger partial charge in [0.15, 0.2) is 0 Å². The van der Waals surface area contributed by atoms with Crippen molar-refractivity contribution in [1.29, 1.82) is 0 Å². The third-order valence-corrected chi connectivity index (χ3v) is 7.28. The third kappa shape index (κ3) is 24.8. The molecule has 0 fully saturated rings. The first-order valence-corrected chi connectivity index (χ1v) is 15.9. The monoisotopic (exact) mass is 509 g/mol. The fourth-order valence-corrected chi connectivity index (χ4v) is 4.76. The lowest BCUT2D eigenvalue weighted by atomic mass is 10.0. The van der Waals surface area contributed by atoms with Gasteiger partial charge in [-0.2, -0.15) is 0 Å². The number of carbonyl (C=O) groups excluding carboxylic acids is 1. The number of amides is 1. The molecule has 36 heavy (non-hydrogen) atoms. The molecule has 0 bridgehead atoms. The average Bonchev–Trinajstić information content (AvgIpc) is 2.88. The molecule has 0 saturated heterocycles. The van der Waals surface area contributed by atoms with Crippen molar-refractivity contribution in [3.63, 3.8) is 0 Å². The van der Waals surface area contributed by atoms with Gasteiger partial charge in [-0.05, 0) is 38.5 Å². The van der Waals surface area contributed by atoms with E-state index in [1.54, 1.807) is 0 Å². The highest BCUT2D eigenvalue weighted by Crippen LogP contribution is 2.13. The Morgan fingerprint density at radius 1 is 0.639 bits per heavy atom. The predicted octanol–water partition coefficient (Wildman–Crippen LogP) is 8.78. The van der Waals surface area contributed by atoms with Gasteiger partial charge in [0.05, 0.1) is 18.8 Å². The molecular weight excluding hydrogens is 446 g/mol. The number of hydrogen-bond donors (Lipinski definition) is 3. The summed E-state index contributed by atoms with van der Waals surface area (Å²) < 4.78 is 0. The quantitative estimate of drug-likeness (QED) is 0.0729. The van der Waals surface area contributed by atoms with Crippen LogP contribution in [0.1, 0.15) is 168 Å². The molecule has 0 saturated carbocycles. The van der Waals surface area contributed by atoms with Crippen LogP contribution in [0.15, 0.2) is 12.2 Å². The topological polar surface area (TPSA) is 69.6 Å². The van der Waals surface area contributed by atoms with Gasteiger partial charge in [-0.15, -0.1) is 0 Å². The molecule has 0 radical (unpaired) electrons. The Bertz CT molecular complexity index is 480. The molecule has 0 spiro atoms. The number of nitrogens with one attached hydrogen (secondary N) is 1. The highest BCUT2D eigenvalue weighted by molar-refractivity contribution is 5.76. The van der Waals surface area contributed by atoms with Gasteiger partial charge < -0.3 is 15.5 Å². The Morgan fingerprint density at radius 2 is 1.06 bits per heavy atom. The maximum Gasteiger partial charge on any atom is 0.220 e. The number of aliphatic hydroxyl groups is 2. The van der Waals surface area contributed by atoms with E-state index in [2.05, 4.69) is 31.3 Å². The molecule has 4 heteroatoms. The fraction of sp³-hybridized carbons (Fsp3) is 0.906. The van der Waals surface area contributed by atoms with Crippen molar-refractivity contribution < 1.29 is 15.0 Å². The summed E-state index contributed by atoms with van der Waals surface area (Å²) in [5.74, 6) is -0.0441. The van der Waals surface area contributed by atoms with Gasteiger partial charge in [0.1, 0.15) is 0 Å². The van der Waals surface area contributed by atoms with E-state index in [1.165, 1.54) is 116 Å². The van der Waals surface area contributed by atoms with Gasteiger partial charge in [-0.1, -0.05) is 135 Å². The van der Waals surface area contributed by atoms with Crippen LogP contribution in [0, 0.1) is 0 Å². The van der Waals surface area contributed by atoms with Crippen LogP contribution in [0.3, 0.4) is 0 Å². The lowest BCUT2D eigenvalue weighted by Gasteiger charge is -2.22. The van der Waals surface area contributed by atoms with Gasteiger partial charge in [0, 0.05) is 6.42 Å². The van der Waals surface area contributed by atoms with Crippen LogP contribution in [0.2, 0.25) is 0 Å². The third-order valence-electron chi connectivity index (χ3n) is 7.28. The molecule has 2 unspecified atom stereocenters. The smallest absolute Gasteiger partial charge is 0.220 e. The van der Waals surface area contributed by atoms with Gasteiger partial charge >= 0.3 is 0 Å². The van der Waals surface area contributed by atoms with E-state index < -0.39 is 12.1 Å². The number of rotatable bonds is 28. The van der Waals surface area contributed by atoms with Crippen molar-refractivity contribution in [2.45, 2.75) is 180 Å². The minimum Gasteiger partial charge on any atom is -0.394 e. The standard InChI is InChI=1S/C32H63NO3/c1-3-5-7-9-11-13-14-15-16-17-18-19-20-22-24-26-28-32(36)33-30(29-34)31(35)27-25-23-21-12-10-8-6-4-2/h16-17,30-31,34-35H,3-15,18-29H2,1-2H3,(H,33,36)/b17-16-. The normalized spacial score (nSPS) is 13.3. The maximum absolute atomic E-state index is 12.2. The van der Waals surface area contributed by atoms with Crippen LogP contribution < -0.4 is 5.32 Å². The van der Waals surface area contributed by atoms with Gasteiger partial charge in [0.2, 0.25) is 5.91 Å². The van der Waals surface area contributed by atoms with Gasteiger partial charge in [-0.3, -0.25) is 4.79 Å². The Morgan fingerprint density at radius 3 is 1.53 bits per heavy atom. The van der Waals surface area contributed by atoms with E-state index in [0.717, 1.165) is 25.7 Å². The van der Waals surface area contributed by atoms with Crippen LogP contribution in [-0.2, 0) is 4.79 Å². The van der Waals surface area contributed by atoms with E-state index in [9.17, 15) is 15.0 Å². The molecule has 0 rings (SSSR count). The SMILES string of the molecule is CCCCCCCCC/C=C\CCCCCCCC(=O)NC(CO)C(O)CCCCCCCCCC. The van der Waals surface area contributed by atoms with E-state index in [-0.39, 0.29) is 12.5 Å². The molecule has 0 aliphatic carbocycles. The zero-order valence-corrected chi connectivity index (χ0v) is 24.3. The van der Waals surface area contributed by atoms with E-state index in [4.69, 9.17) is 0 Å². The minimum absolute atomic E-state index is 0.0441. The fourth-order valence-electron chi connectivity index (χ4n) is 4.76. The molecule has 3 N–H and O–H groups in total. The molecule has 0 heterocycles. The molecule has 4 nitrogen and oxygen atoms in total. The van der Waals surface area contributed by atoms with Crippen LogP contribution in [-0.4, -0.2) is 34.9 Å². The summed E-state index contributed by atoms with van der Waals surface area (Å²) in [5.41, 5.74) is 0. The maximum atomic E-state index is 12.2. The summed E-state index contributed by atoms with van der Waals surface area (Å²) in [6, 6.07) is -0.533. The Balaban J connectivity index is 3.58. The molecular formula is C32H63NO3. The number of allylic oxidation sites excluding steroid dienone is 2. The largest absolute Gasteiger partial charge is 0.394 e. The zero-order chi connectivity index (χ0) is 26.5. The number of carbonyl (C=O) groups is 1. The summed E-state index contributed by atoms with van der Waals surface area (Å²) in [5, 5.41) is 22.8. The van der Waals surface area contributed by atoms with E-state index >= 15 is 0 Å².